The first kappa shape index (κ1) is 70.7. The van der Waals surface area contributed by atoms with Crippen LogP contribution in [0.25, 0.3) is 0 Å². The minimum absolute atomic E-state index is 0.0489. The molecule has 1 spiro atoms. The molecule has 21 nitrogen and oxygen atoms in total. The van der Waals surface area contributed by atoms with E-state index in [0.29, 0.717) is 107 Å². The minimum Gasteiger partial charge on any atom is -0.508 e. The highest BCUT2D eigenvalue weighted by atomic mass is 32.1. The number of esters is 1. The molecule has 0 saturated carbocycles. The van der Waals surface area contributed by atoms with Crippen LogP contribution >= 0.6 is 12.2 Å². The molecule has 0 aliphatic carbocycles. The molecular weight excluding hydrogens is 1220 g/mol. The Balaban J connectivity index is 0.844. The molecule has 5 aromatic carbocycles. The van der Waals surface area contributed by atoms with Crippen molar-refractivity contribution in [2.75, 3.05) is 79.3 Å². The van der Waals surface area contributed by atoms with Gasteiger partial charge in [0.2, 0.25) is 35.4 Å². The number of thiocarbonyl (C=S) groups is 1. The van der Waals surface area contributed by atoms with Crippen molar-refractivity contribution in [3.05, 3.63) is 149 Å². The first-order valence-corrected chi connectivity index (χ1v) is 33.7. The van der Waals surface area contributed by atoms with E-state index in [1.165, 1.54) is 24.3 Å². The summed E-state index contributed by atoms with van der Waals surface area (Å²) in [7, 11) is 7.25. The molecule has 5 aromatic rings. The van der Waals surface area contributed by atoms with Gasteiger partial charge >= 0.3 is 5.97 Å². The average molecular weight is 1320 g/mol. The SMILES string of the molecule is C[C@@H](C(=O)NC(C(=O)N1CCC[C@H]1CN(CCc1ccccc1)C(=O)CCCC(=O)N(CCc1ccccc1)C[C@@H]1CCCN1C(=O)[C@H](CCCNC(=S)Nc1ccc2c(c1)C(=O)OC21c2ccc(O)cc2Oc2cc(O)ccc21)NC(=O)[C@H](C)N(C)C)C(C)(C)C)N(C)C. The molecule has 4 aliphatic rings. The Morgan fingerprint density at radius 1 is 0.653 bits per heavy atom. The first-order valence-electron chi connectivity index (χ1n) is 33.3. The van der Waals surface area contributed by atoms with Gasteiger partial charge in [-0.2, -0.15) is 0 Å². The van der Waals surface area contributed by atoms with Gasteiger partial charge in [0.1, 0.15) is 35.1 Å². The van der Waals surface area contributed by atoms with E-state index in [9.17, 15) is 43.8 Å². The van der Waals surface area contributed by atoms with Gasteiger partial charge in [0.05, 0.1) is 17.6 Å². The van der Waals surface area contributed by atoms with Gasteiger partial charge < -0.3 is 60.6 Å². The zero-order valence-electron chi connectivity index (χ0n) is 56.3. The summed E-state index contributed by atoms with van der Waals surface area (Å²) < 4.78 is 12.3. The highest BCUT2D eigenvalue weighted by Crippen LogP contribution is 2.57. The number of rotatable bonds is 27. The van der Waals surface area contributed by atoms with Crippen LogP contribution in [0.5, 0.6) is 23.0 Å². The lowest BCUT2D eigenvalue weighted by molar-refractivity contribution is -0.142. The van der Waals surface area contributed by atoms with Crippen LogP contribution in [0.1, 0.15) is 131 Å². The summed E-state index contributed by atoms with van der Waals surface area (Å²) in [6.07, 6.45) is 5.21. The van der Waals surface area contributed by atoms with Gasteiger partial charge in [0, 0.05) is 105 Å². The molecule has 0 aromatic heterocycles. The number of ether oxygens (including phenoxy) is 2. The Kier molecular flexibility index (Phi) is 23.3. The number of aromatic hydroxyl groups is 2. The molecule has 4 aliphatic heterocycles. The maximum atomic E-state index is 15.0. The van der Waals surface area contributed by atoms with Crippen molar-refractivity contribution in [3.63, 3.8) is 0 Å². The Morgan fingerprint density at radius 2 is 1.15 bits per heavy atom. The van der Waals surface area contributed by atoms with E-state index in [1.54, 1.807) is 68.1 Å². The molecular formula is C73H94N10O11S. The van der Waals surface area contributed by atoms with E-state index in [4.69, 9.17) is 21.7 Å². The number of carbonyl (C=O) groups is 7. The van der Waals surface area contributed by atoms with Crippen molar-refractivity contribution in [2.45, 2.75) is 147 Å². The Labute approximate surface area is 563 Å². The van der Waals surface area contributed by atoms with Gasteiger partial charge in [0.25, 0.3) is 0 Å². The highest BCUT2D eigenvalue weighted by molar-refractivity contribution is 7.80. The fraction of sp³-hybridized carbons (Fsp3) is 0.479. The molecule has 6 amide bonds. The van der Waals surface area contributed by atoms with Crippen LogP contribution in [0.15, 0.2) is 115 Å². The monoisotopic (exact) mass is 1320 g/mol. The topological polar surface area (TPSA) is 246 Å². The Hall–Kier alpha value is -8.60. The summed E-state index contributed by atoms with van der Waals surface area (Å²) in [5.74, 6) is -1.33. The number of nitrogens with zero attached hydrogens (tertiary/aromatic N) is 6. The maximum absolute atomic E-state index is 15.0. The lowest BCUT2D eigenvalue weighted by Gasteiger charge is -2.38. The third kappa shape index (κ3) is 17.1. The number of likely N-dealkylation sites (tertiary alicyclic amines) is 2. The summed E-state index contributed by atoms with van der Waals surface area (Å²) >= 11 is 5.75. The molecule has 6 N–H and O–H groups in total. The standard InChI is InChI=1S/C73H94N10O11S/c1-47(78(6)7)66(88)76-60(26-17-37-74-71(95)75-51-29-32-57-56(42-51)70(92)94-73(57)58-33-30-54(84)43-61(58)93-62-44-55(85)31-34-59(62)73)68(90)82-38-18-24-52(82)45-80(40-35-49-20-12-10-13-21-49)63(86)27-16-28-64(87)81(41-36-50-22-14-11-15-23-50)46-53-25-19-39-83(53)69(91)65(72(3,4)5)77-67(89)48(2)79(8)9/h10-15,20-23,29-34,42-44,47-48,52-53,60,65,84-85H,16-19,24-28,35-41,45-46H2,1-9H3,(H,76,88)(H,77,89)(H2,74,75,95)/t47-,48-,52-,53-,60-,65?/m0/s1. The second-order valence-electron chi connectivity index (χ2n) is 27.1. The minimum atomic E-state index is -1.43. The third-order valence-electron chi connectivity index (χ3n) is 19.0. The lowest BCUT2D eigenvalue weighted by atomic mass is 9.77. The van der Waals surface area contributed by atoms with Gasteiger partial charge in [-0.05, 0) is 165 Å². The van der Waals surface area contributed by atoms with Gasteiger partial charge in [0.15, 0.2) is 10.7 Å². The van der Waals surface area contributed by atoms with E-state index in [2.05, 4.69) is 21.3 Å². The van der Waals surface area contributed by atoms with Gasteiger partial charge in [-0.3, -0.25) is 38.6 Å². The molecule has 22 heteroatoms. The largest absolute Gasteiger partial charge is 0.508 e. The molecule has 95 heavy (non-hydrogen) atoms. The summed E-state index contributed by atoms with van der Waals surface area (Å²) in [4.78, 5) is 111. The van der Waals surface area contributed by atoms with Gasteiger partial charge in [-0.1, -0.05) is 87.5 Å². The molecule has 508 valence electrons. The van der Waals surface area contributed by atoms with E-state index in [-0.39, 0.29) is 107 Å². The zero-order chi connectivity index (χ0) is 68.3. The van der Waals surface area contributed by atoms with Crippen LogP contribution in [0.3, 0.4) is 0 Å². The third-order valence-corrected chi connectivity index (χ3v) is 19.3. The smallest absolute Gasteiger partial charge is 0.340 e. The van der Waals surface area contributed by atoms with Crippen molar-refractivity contribution < 1.29 is 53.2 Å². The summed E-state index contributed by atoms with van der Waals surface area (Å²) in [6, 6.07) is 31.0. The molecule has 0 bridgehead atoms. The number of hydrogen-bond donors (Lipinski definition) is 6. The van der Waals surface area contributed by atoms with Gasteiger partial charge in [-0.15, -0.1) is 0 Å². The number of phenols is 2. The molecule has 4 heterocycles. The van der Waals surface area contributed by atoms with E-state index in [0.717, 1.165) is 17.5 Å². The number of fused-ring (bicyclic) bond motifs is 6. The fourth-order valence-corrected chi connectivity index (χ4v) is 13.3. The Morgan fingerprint density at radius 3 is 1.65 bits per heavy atom. The predicted octanol–water partition coefficient (Wildman–Crippen LogP) is 7.94. The van der Waals surface area contributed by atoms with Crippen LogP contribution in [-0.4, -0.2) is 196 Å². The fourth-order valence-electron chi connectivity index (χ4n) is 13.1. The molecule has 9 rings (SSSR count). The molecule has 2 saturated heterocycles. The number of amides is 6. The summed E-state index contributed by atoms with van der Waals surface area (Å²) in [6.45, 7) is 12.1. The molecule has 1 unspecified atom stereocenters. The number of likely N-dealkylation sites (N-methyl/N-ethyl adjacent to an activating group) is 2. The van der Waals surface area contributed by atoms with Crippen molar-refractivity contribution in [1.29, 1.82) is 0 Å². The predicted molar refractivity (Wildman–Crippen MR) is 368 cm³/mol. The van der Waals surface area contributed by atoms with Crippen LogP contribution in [0, 0.1) is 5.41 Å². The summed E-state index contributed by atoms with van der Waals surface area (Å²) in [5, 5.41) is 33.5. The maximum Gasteiger partial charge on any atom is 0.340 e. The molecule has 2 fully saturated rings. The van der Waals surface area contributed by atoms with E-state index < -0.39 is 41.2 Å². The quantitative estimate of drug-likeness (QED) is 0.0166. The number of benzene rings is 5. The van der Waals surface area contributed by atoms with E-state index in [1.807, 2.05) is 115 Å². The Bertz CT molecular complexity index is 3530. The van der Waals surface area contributed by atoms with Crippen molar-refractivity contribution >= 4 is 64.4 Å². The number of nitrogens with one attached hydrogen (secondary N) is 4. The van der Waals surface area contributed by atoms with Crippen molar-refractivity contribution in [2.24, 2.45) is 5.41 Å². The van der Waals surface area contributed by atoms with Crippen LogP contribution < -0.4 is 26.0 Å². The second-order valence-corrected chi connectivity index (χ2v) is 27.5. The zero-order valence-corrected chi connectivity index (χ0v) is 57.1. The van der Waals surface area contributed by atoms with Crippen LogP contribution in [0.2, 0.25) is 0 Å². The number of hydrogen-bond acceptors (Lipinski definition) is 14. The number of carbonyl (C=O) groups excluding carboxylic acids is 7. The first-order chi connectivity index (χ1) is 45.3. The normalized spacial score (nSPS) is 17.4. The molecule has 6 atom stereocenters. The summed E-state index contributed by atoms with van der Waals surface area (Å²) in [5.41, 5.74) is 2.44. The van der Waals surface area contributed by atoms with Crippen molar-refractivity contribution in [1.82, 2.24) is 45.3 Å². The molecule has 0 radical (unpaired) electrons. The lowest BCUT2D eigenvalue weighted by Crippen LogP contribution is -2.59. The van der Waals surface area contributed by atoms with Crippen LogP contribution in [0.4, 0.5) is 5.69 Å². The second kappa shape index (κ2) is 31.3. The van der Waals surface area contributed by atoms with Gasteiger partial charge in [-0.25, -0.2) is 4.79 Å². The van der Waals surface area contributed by atoms with E-state index >= 15 is 0 Å². The number of anilines is 1. The average Bonchev–Trinajstić information content (AvgIpc) is 1.62. The van der Waals surface area contributed by atoms with Crippen molar-refractivity contribution in [3.8, 4) is 23.0 Å². The number of phenolic OH excluding ortho intramolecular Hbond substituents is 2. The highest BCUT2D eigenvalue weighted by Gasteiger charge is 2.54. The van der Waals surface area contributed by atoms with Crippen LogP contribution in [-0.2, 0) is 51.9 Å².